The highest BCUT2D eigenvalue weighted by atomic mass is 32.1. The van der Waals surface area contributed by atoms with Gasteiger partial charge in [0.2, 0.25) is 5.91 Å². The van der Waals surface area contributed by atoms with Gasteiger partial charge in [-0.05, 0) is 18.1 Å². The zero-order valence-corrected chi connectivity index (χ0v) is 11.4. The van der Waals surface area contributed by atoms with Gasteiger partial charge < -0.3 is 11.1 Å². The third-order valence-electron chi connectivity index (χ3n) is 2.62. The molecule has 0 aliphatic rings. The molecule has 104 valence electrons. The first-order chi connectivity index (χ1) is 8.93. The number of amides is 1. The minimum atomic E-state index is -0.738. The second-order valence-corrected chi connectivity index (χ2v) is 4.70. The first-order valence-electron chi connectivity index (χ1n) is 5.96. The topological polar surface area (TPSA) is 55.1 Å². The lowest BCUT2D eigenvalue weighted by Gasteiger charge is -2.16. The Labute approximate surface area is 116 Å². The van der Waals surface area contributed by atoms with Gasteiger partial charge in [0.25, 0.3) is 0 Å². The van der Waals surface area contributed by atoms with Crippen LogP contribution >= 0.6 is 12.2 Å². The van der Waals surface area contributed by atoms with Gasteiger partial charge in [-0.15, -0.1) is 0 Å². The van der Waals surface area contributed by atoms with Crippen LogP contribution < -0.4 is 11.1 Å². The number of benzene rings is 1. The molecule has 6 heteroatoms. The lowest BCUT2D eigenvalue weighted by molar-refractivity contribution is -0.120. The van der Waals surface area contributed by atoms with Crippen LogP contribution in [0.4, 0.5) is 8.78 Å². The van der Waals surface area contributed by atoms with E-state index in [0.29, 0.717) is 6.42 Å². The van der Waals surface area contributed by atoms with E-state index >= 15 is 0 Å². The maximum absolute atomic E-state index is 13.4. The van der Waals surface area contributed by atoms with E-state index in [1.165, 1.54) is 6.07 Å². The van der Waals surface area contributed by atoms with Crippen LogP contribution in [0.15, 0.2) is 18.2 Å². The van der Waals surface area contributed by atoms with Gasteiger partial charge in [-0.3, -0.25) is 4.79 Å². The predicted molar refractivity (Wildman–Crippen MR) is 73.7 cm³/mol. The molecule has 0 spiro atoms. The van der Waals surface area contributed by atoms with Crippen LogP contribution in [0.3, 0.4) is 0 Å². The van der Waals surface area contributed by atoms with Crippen molar-refractivity contribution in [2.45, 2.75) is 32.2 Å². The summed E-state index contributed by atoms with van der Waals surface area (Å²) in [5.74, 6) is -1.80. The highest BCUT2D eigenvalue weighted by Gasteiger charge is 2.15. The molecule has 0 aliphatic heterocycles. The van der Waals surface area contributed by atoms with Crippen LogP contribution in [0.5, 0.6) is 0 Å². The summed E-state index contributed by atoms with van der Waals surface area (Å²) in [6.45, 7) is 1.94. The molecule has 0 aromatic heterocycles. The van der Waals surface area contributed by atoms with Gasteiger partial charge in [0.05, 0.1) is 17.5 Å². The second-order valence-electron chi connectivity index (χ2n) is 4.22. The first-order valence-corrected chi connectivity index (χ1v) is 6.37. The summed E-state index contributed by atoms with van der Waals surface area (Å²) in [5, 5.41) is 2.64. The van der Waals surface area contributed by atoms with Gasteiger partial charge in [0, 0.05) is 6.07 Å². The Morgan fingerprint density at radius 2 is 2.16 bits per heavy atom. The number of rotatable bonds is 6. The van der Waals surface area contributed by atoms with E-state index in [-0.39, 0.29) is 17.0 Å². The monoisotopic (exact) mass is 286 g/mol. The molecule has 3 N–H and O–H groups in total. The van der Waals surface area contributed by atoms with E-state index in [1.54, 1.807) is 0 Å². The molecular weight excluding hydrogens is 270 g/mol. The summed E-state index contributed by atoms with van der Waals surface area (Å²) in [6, 6.07) is 2.72. The number of halogens is 2. The Bertz CT molecular complexity index is 480. The standard InChI is InChI=1S/C13H16F2N2OS/c1-2-3-11(13(16)19)17-12(18)6-8-4-5-9(14)7-10(8)15/h4-5,7,11H,2-3,6H2,1H3,(H2,16,19)(H,17,18). The molecule has 0 fully saturated rings. The second kappa shape index (κ2) is 7.13. The molecule has 0 saturated heterocycles. The Kier molecular flexibility index (Phi) is 5.82. The first kappa shape index (κ1) is 15.5. The summed E-state index contributed by atoms with van der Waals surface area (Å²) in [5.41, 5.74) is 5.64. The molecule has 1 unspecified atom stereocenters. The Morgan fingerprint density at radius 3 is 2.68 bits per heavy atom. The van der Waals surface area contributed by atoms with Crippen LogP contribution in [0.2, 0.25) is 0 Å². The Balaban J connectivity index is 2.66. The minimum absolute atomic E-state index is 0.136. The number of hydrogen-bond acceptors (Lipinski definition) is 2. The number of carbonyl (C=O) groups excluding carboxylic acids is 1. The molecule has 0 bridgehead atoms. The molecule has 3 nitrogen and oxygen atoms in total. The van der Waals surface area contributed by atoms with Crippen molar-refractivity contribution in [3.05, 3.63) is 35.4 Å². The normalized spacial score (nSPS) is 11.9. The number of nitrogens with two attached hydrogens (primary N) is 1. The largest absolute Gasteiger partial charge is 0.392 e. The highest BCUT2D eigenvalue weighted by Crippen LogP contribution is 2.10. The number of hydrogen-bond donors (Lipinski definition) is 2. The molecule has 0 saturated carbocycles. The third kappa shape index (κ3) is 4.90. The van der Waals surface area contributed by atoms with Crippen molar-refractivity contribution in [1.82, 2.24) is 5.32 Å². The van der Waals surface area contributed by atoms with Crippen molar-refractivity contribution < 1.29 is 13.6 Å². The molecule has 0 heterocycles. The average Bonchev–Trinajstić information content (AvgIpc) is 2.32. The van der Waals surface area contributed by atoms with Gasteiger partial charge >= 0.3 is 0 Å². The van der Waals surface area contributed by atoms with E-state index in [9.17, 15) is 13.6 Å². The summed E-state index contributed by atoms with van der Waals surface area (Å²) >= 11 is 4.85. The molecule has 1 rings (SSSR count). The van der Waals surface area contributed by atoms with E-state index in [2.05, 4.69) is 5.32 Å². The van der Waals surface area contributed by atoms with Crippen LogP contribution in [0, 0.1) is 11.6 Å². The van der Waals surface area contributed by atoms with Crippen LogP contribution in [-0.4, -0.2) is 16.9 Å². The van der Waals surface area contributed by atoms with E-state index in [0.717, 1.165) is 18.6 Å². The number of thiocarbonyl (C=S) groups is 1. The molecule has 1 amide bonds. The van der Waals surface area contributed by atoms with Crippen molar-refractivity contribution in [3.63, 3.8) is 0 Å². The lowest BCUT2D eigenvalue weighted by atomic mass is 10.1. The van der Waals surface area contributed by atoms with Crippen molar-refractivity contribution in [1.29, 1.82) is 0 Å². The minimum Gasteiger partial charge on any atom is -0.392 e. The van der Waals surface area contributed by atoms with Gasteiger partial charge in [0.15, 0.2) is 0 Å². The molecule has 19 heavy (non-hydrogen) atoms. The van der Waals surface area contributed by atoms with Crippen LogP contribution in [-0.2, 0) is 11.2 Å². The molecule has 0 radical (unpaired) electrons. The number of nitrogens with one attached hydrogen (secondary N) is 1. The molecular formula is C13H16F2N2OS. The van der Waals surface area contributed by atoms with Gasteiger partial charge in [-0.25, -0.2) is 8.78 Å². The van der Waals surface area contributed by atoms with Crippen molar-refractivity contribution in [3.8, 4) is 0 Å². The third-order valence-corrected chi connectivity index (χ3v) is 2.91. The molecule has 1 aromatic rings. The fourth-order valence-corrected chi connectivity index (χ4v) is 1.83. The van der Waals surface area contributed by atoms with E-state index in [1.807, 2.05) is 6.92 Å². The molecule has 1 aromatic carbocycles. The summed E-state index contributed by atoms with van der Waals surface area (Å²) in [4.78, 5) is 12.0. The fourth-order valence-electron chi connectivity index (χ4n) is 1.66. The highest BCUT2D eigenvalue weighted by molar-refractivity contribution is 7.80. The Hall–Kier alpha value is -1.56. The zero-order chi connectivity index (χ0) is 14.4. The van der Waals surface area contributed by atoms with Crippen molar-refractivity contribution in [2.24, 2.45) is 5.73 Å². The molecule has 0 aliphatic carbocycles. The quantitative estimate of drug-likeness (QED) is 0.787. The smallest absolute Gasteiger partial charge is 0.225 e. The van der Waals surface area contributed by atoms with E-state index in [4.69, 9.17) is 18.0 Å². The van der Waals surface area contributed by atoms with Crippen LogP contribution in [0.25, 0.3) is 0 Å². The van der Waals surface area contributed by atoms with Gasteiger partial charge in [0.1, 0.15) is 11.6 Å². The maximum Gasteiger partial charge on any atom is 0.225 e. The SMILES string of the molecule is CCCC(NC(=O)Cc1ccc(F)cc1F)C(N)=S. The van der Waals surface area contributed by atoms with E-state index < -0.39 is 23.6 Å². The number of carbonyl (C=O) groups is 1. The molecule has 1 atom stereocenters. The van der Waals surface area contributed by atoms with Gasteiger partial charge in [-0.1, -0.05) is 31.6 Å². The van der Waals surface area contributed by atoms with Crippen molar-refractivity contribution in [2.75, 3.05) is 0 Å². The Morgan fingerprint density at radius 1 is 1.47 bits per heavy atom. The predicted octanol–water partition coefficient (Wildman–Crippen LogP) is 2.08. The summed E-state index contributed by atoms with van der Waals surface area (Å²) < 4.78 is 26.1. The summed E-state index contributed by atoms with van der Waals surface area (Å²) in [6.07, 6.45) is 1.27. The summed E-state index contributed by atoms with van der Waals surface area (Å²) in [7, 11) is 0. The van der Waals surface area contributed by atoms with Crippen molar-refractivity contribution >= 4 is 23.1 Å². The maximum atomic E-state index is 13.4. The fraction of sp³-hybridized carbons (Fsp3) is 0.385. The van der Waals surface area contributed by atoms with Crippen LogP contribution in [0.1, 0.15) is 25.3 Å². The van der Waals surface area contributed by atoms with Gasteiger partial charge in [-0.2, -0.15) is 0 Å². The zero-order valence-electron chi connectivity index (χ0n) is 10.6. The average molecular weight is 286 g/mol. The lowest BCUT2D eigenvalue weighted by Crippen LogP contribution is -2.44.